The first-order valence-electron chi connectivity index (χ1n) is 5.51. The van der Waals surface area contributed by atoms with Crippen LogP contribution >= 0.6 is 15.9 Å². The number of halogens is 2. The van der Waals surface area contributed by atoms with Gasteiger partial charge in [0.1, 0.15) is 5.82 Å². The summed E-state index contributed by atoms with van der Waals surface area (Å²) in [5, 5.41) is 3.36. The van der Waals surface area contributed by atoms with E-state index in [0.29, 0.717) is 19.3 Å². The van der Waals surface area contributed by atoms with Gasteiger partial charge in [-0.3, -0.25) is 0 Å². The van der Waals surface area contributed by atoms with Gasteiger partial charge in [-0.15, -0.1) is 0 Å². The summed E-state index contributed by atoms with van der Waals surface area (Å²) in [6.07, 6.45) is 2.39. The van der Waals surface area contributed by atoms with Crippen LogP contribution in [0.1, 0.15) is 18.4 Å². The number of nitrogens with one attached hydrogen (secondary N) is 1. The topological polar surface area (TPSA) is 21.3 Å². The first-order chi connectivity index (χ1) is 7.75. The lowest BCUT2D eigenvalue weighted by Gasteiger charge is -2.11. The fourth-order valence-corrected chi connectivity index (χ4v) is 2.23. The summed E-state index contributed by atoms with van der Waals surface area (Å²) in [5.41, 5.74) is 0.859. The zero-order valence-electron chi connectivity index (χ0n) is 9.01. The molecule has 1 fully saturated rings. The molecule has 0 aromatic heterocycles. The average molecular weight is 288 g/mol. The molecule has 1 aliphatic heterocycles. The Morgan fingerprint density at radius 1 is 1.50 bits per heavy atom. The third-order valence-corrected chi connectivity index (χ3v) is 3.52. The van der Waals surface area contributed by atoms with Gasteiger partial charge in [-0.1, -0.05) is 15.9 Å². The molecule has 1 heterocycles. The van der Waals surface area contributed by atoms with Gasteiger partial charge in [0.15, 0.2) is 0 Å². The van der Waals surface area contributed by atoms with Gasteiger partial charge in [0.25, 0.3) is 0 Å². The molecule has 1 N–H and O–H groups in total. The molecule has 1 unspecified atom stereocenters. The molecule has 88 valence electrons. The normalized spacial score (nSPS) is 20.2. The number of hydrogen-bond acceptors (Lipinski definition) is 2. The summed E-state index contributed by atoms with van der Waals surface area (Å²) in [4.78, 5) is 0. The molecule has 1 saturated heterocycles. The Balaban J connectivity index is 1.82. The van der Waals surface area contributed by atoms with Gasteiger partial charge in [0.05, 0.1) is 13.2 Å². The van der Waals surface area contributed by atoms with Crippen molar-refractivity contribution in [3.63, 3.8) is 0 Å². The molecule has 0 saturated carbocycles. The van der Waals surface area contributed by atoms with Crippen molar-refractivity contribution in [1.29, 1.82) is 0 Å². The van der Waals surface area contributed by atoms with E-state index in [2.05, 4.69) is 21.2 Å². The lowest BCUT2D eigenvalue weighted by molar-refractivity contribution is 0.103. The molecular formula is C12H15BrFNO. The Morgan fingerprint density at radius 3 is 3.12 bits per heavy atom. The van der Waals surface area contributed by atoms with Crippen LogP contribution in [0.25, 0.3) is 0 Å². The largest absolute Gasteiger partial charge is 0.375 e. The van der Waals surface area contributed by atoms with E-state index in [0.717, 1.165) is 16.6 Å². The minimum atomic E-state index is -0.221. The second-order valence-electron chi connectivity index (χ2n) is 4.04. The lowest BCUT2D eigenvalue weighted by atomic mass is 10.2. The Bertz CT molecular complexity index is 353. The molecule has 4 heteroatoms. The average Bonchev–Trinajstić information content (AvgIpc) is 2.76. The molecule has 1 aromatic rings. The minimum absolute atomic E-state index is 0.221. The molecule has 0 radical (unpaired) electrons. The van der Waals surface area contributed by atoms with Gasteiger partial charge in [-0.05, 0) is 43.1 Å². The molecule has 0 spiro atoms. The number of ether oxygens (including phenoxy) is 1. The predicted molar refractivity (Wildman–Crippen MR) is 64.8 cm³/mol. The summed E-state index contributed by atoms with van der Waals surface area (Å²) in [6.45, 7) is 2.23. The van der Waals surface area contributed by atoms with Crippen molar-refractivity contribution in [3.8, 4) is 0 Å². The fraction of sp³-hybridized carbons (Fsp3) is 0.500. The standard InChI is InChI=1S/C12H15BrFNO/c13-12-4-3-10(14)6-9(12)7-16-8-11-2-1-5-15-11/h3-4,6,11,15H,1-2,5,7-8H2. The van der Waals surface area contributed by atoms with Crippen LogP contribution in [-0.4, -0.2) is 19.2 Å². The summed E-state index contributed by atoms with van der Waals surface area (Å²) in [6, 6.07) is 5.12. The Labute approximate surface area is 103 Å². The Hall–Kier alpha value is -0.450. The van der Waals surface area contributed by atoms with E-state index >= 15 is 0 Å². The van der Waals surface area contributed by atoms with Gasteiger partial charge in [0, 0.05) is 10.5 Å². The summed E-state index contributed by atoms with van der Waals surface area (Å²) in [5.74, 6) is -0.221. The third kappa shape index (κ3) is 3.27. The van der Waals surface area contributed by atoms with Crippen LogP contribution in [0.5, 0.6) is 0 Å². The molecule has 1 atom stereocenters. The molecule has 1 aromatic carbocycles. The minimum Gasteiger partial charge on any atom is -0.375 e. The van der Waals surface area contributed by atoms with Crippen molar-refractivity contribution in [2.75, 3.05) is 13.2 Å². The molecule has 0 aliphatic carbocycles. The number of hydrogen-bond donors (Lipinski definition) is 1. The van der Waals surface area contributed by atoms with Gasteiger partial charge in [-0.2, -0.15) is 0 Å². The molecule has 1 aliphatic rings. The van der Waals surface area contributed by atoms with Crippen molar-refractivity contribution in [3.05, 3.63) is 34.1 Å². The Morgan fingerprint density at radius 2 is 2.38 bits per heavy atom. The van der Waals surface area contributed by atoms with Crippen molar-refractivity contribution < 1.29 is 9.13 Å². The monoisotopic (exact) mass is 287 g/mol. The molecule has 2 nitrogen and oxygen atoms in total. The van der Waals surface area contributed by atoms with Crippen LogP contribution in [0.15, 0.2) is 22.7 Å². The number of rotatable bonds is 4. The molecular weight excluding hydrogens is 273 g/mol. The third-order valence-electron chi connectivity index (χ3n) is 2.75. The maximum atomic E-state index is 13.0. The summed E-state index contributed by atoms with van der Waals surface area (Å²) >= 11 is 3.38. The van der Waals surface area contributed by atoms with E-state index in [4.69, 9.17) is 4.74 Å². The first kappa shape index (κ1) is 12.0. The van der Waals surface area contributed by atoms with Crippen LogP contribution < -0.4 is 5.32 Å². The van der Waals surface area contributed by atoms with Gasteiger partial charge < -0.3 is 10.1 Å². The molecule has 0 bridgehead atoms. The Kier molecular flexibility index (Phi) is 4.32. The highest BCUT2D eigenvalue weighted by Crippen LogP contribution is 2.19. The zero-order valence-corrected chi connectivity index (χ0v) is 10.6. The second-order valence-corrected chi connectivity index (χ2v) is 4.90. The van der Waals surface area contributed by atoms with Crippen molar-refractivity contribution in [2.45, 2.75) is 25.5 Å². The van der Waals surface area contributed by atoms with Gasteiger partial charge >= 0.3 is 0 Å². The molecule has 0 amide bonds. The highest BCUT2D eigenvalue weighted by Gasteiger charge is 2.13. The molecule has 2 rings (SSSR count). The maximum Gasteiger partial charge on any atom is 0.123 e. The van der Waals surface area contributed by atoms with Crippen LogP contribution in [-0.2, 0) is 11.3 Å². The van der Waals surface area contributed by atoms with Crippen molar-refractivity contribution in [1.82, 2.24) is 5.32 Å². The van der Waals surface area contributed by atoms with Crippen molar-refractivity contribution in [2.24, 2.45) is 0 Å². The van der Waals surface area contributed by atoms with Crippen LogP contribution in [0, 0.1) is 5.82 Å². The van der Waals surface area contributed by atoms with E-state index in [9.17, 15) is 4.39 Å². The maximum absolute atomic E-state index is 13.0. The van der Waals surface area contributed by atoms with Crippen LogP contribution in [0.2, 0.25) is 0 Å². The van der Waals surface area contributed by atoms with Crippen LogP contribution in [0.3, 0.4) is 0 Å². The smallest absolute Gasteiger partial charge is 0.123 e. The van der Waals surface area contributed by atoms with E-state index in [-0.39, 0.29) is 5.82 Å². The SMILES string of the molecule is Fc1ccc(Br)c(COCC2CCCN2)c1. The highest BCUT2D eigenvalue weighted by atomic mass is 79.9. The predicted octanol–water partition coefficient (Wildman–Crippen LogP) is 2.86. The first-order valence-corrected chi connectivity index (χ1v) is 6.30. The quantitative estimate of drug-likeness (QED) is 0.920. The summed E-state index contributed by atoms with van der Waals surface area (Å²) < 4.78 is 19.5. The van der Waals surface area contributed by atoms with Gasteiger partial charge in [0.2, 0.25) is 0 Å². The fourth-order valence-electron chi connectivity index (χ4n) is 1.86. The van der Waals surface area contributed by atoms with E-state index < -0.39 is 0 Å². The zero-order chi connectivity index (χ0) is 11.4. The van der Waals surface area contributed by atoms with E-state index in [1.165, 1.54) is 25.0 Å². The second kappa shape index (κ2) is 5.75. The van der Waals surface area contributed by atoms with E-state index in [1.807, 2.05) is 0 Å². The van der Waals surface area contributed by atoms with Gasteiger partial charge in [-0.25, -0.2) is 4.39 Å². The van der Waals surface area contributed by atoms with Crippen molar-refractivity contribution >= 4 is 15.9 Å². The van der Waals surface area contributed by atoms with Crippen LogP contribution in [0.4, 0.5) is 4.39 Å². The highest BCUT2D eigenvalue weighted by molar-refractivity contribution is 9.10. The number of benzene rings is 1. The molecule has 16 heavy (non-hydrogen) atoms. The lowest BCUT2D eigenvalue weighted by Crippen LogP contribution is -2.26. The summed E-state index contributed by atoms with van der Waals surface area (Å²) in [7, 11) is 0. The van der Waals surface area contributed by atoms with E-state index in [1.54, 1.807) is 6.07 Å².